The van der Waals surface area contributed by atoms with Crippen LogP contribution in [0.1, 0.15) is 44.9 Å². The summed E-state index contributed by atoms with van der Waals surface area (Å²) in [6.07, 6.45) is 5.73. The van der Waals surface area contributed by atoms with E-state index in [4.69, 9.17) is 5.11 Å². The molecule has 2 saturated carbocycles. The number of nitrogens with one attached hydrogen (secondary N) is 2. The molecule has 2 aliphatic rings. The Balaban J connectivity index is 1.66. The molecule has 0 saturated heterocycles. The Kier molecular flexibility index (Phi) is 4.86. The van der Waals surface area contributed by atoms with E-state index in [1.165, 1.54) is 0 Å². The first-order valence-electron chi connectivity index (χ1n) is 7.43. The molecule has 0 unspecified atom stereocenters. The van der Waals surface area contributed by atoms with Gasteiger partial charge in [-0.05, 0) is 38.5 Å². The SMILES string of the molecule is O=C(NCC1(CO)CCC1)NC1CCC(C(=O)O)CC1. The van der Waals surface area contributed by atoms with Gasteiger partial charge in [-0.1, -0.05) is 6.42 Å². The average molecular weight is 284 g/mol. The number of aliphatic hydroxyl groups is 1. The Bertz CT molecular complexity index is 355. The standard InChI is InChI=1S/C14H24N2O4/c17-9-14(6-1-7-14)8-15-13(20)16-11-4-2-10(3-5-11)12(18)19/h10-11,17H,1-9H2,(H,18,19)(H2,15,16,20). The maximum Gasteiger partial charge on any atom is 0.315 e. The van der Waals surface area contributed by atoms with Crippen molar-refractivity contribution in [2.75, 3.05) is 13.2 Å². The summed E-state index contributed by atoms with van der Waals surface area (Å²) in [5, 5.41) is 24.0. The minimum Gasteiger partial charge on any atom is -0.481 e. The van der Waals surface area contributed by atoms with Crippen molar-refractivity contribution in [1.29, 1.82) is 0 Å². The quantitative estimate of drug-likeness (QED) is 0.607. The monoisotopic (exact) mass is 284 g/mol. The van der Waals surface area contributed by atoms with Gasteiger partial charge < -0.3 is 20.8 Å². The largest absolute Gasteiger partial charge is 0.481 e. The van der Waals surface area contributed by atoms with E-state index in [0.29, 0.717) is 19.4 Å². The number of carboxylic acids is 1. The first-order valence-corrected chi connectivity index (χ1v) is 7.43. The van der Waals surface area contributed by atoms with Crippen LogP contribution in [0.2, 0.25) is 0 Å². The van der Waals surface area contributed by atoms with Crippen molar-refractivity contribution >= 4 is 12.0 Å². The zero-order chi connectivity index (χ0) is 14.6. The van der Waals surface area contributed by atoms with Crippen LogP contribution in [-0.2, 0) is 4.79 Å². The van der Waals surface area contributed by atoms with Crippen LogP contribution in [0.25, 0.3) is 0 Å². The number of aliphatic hydroxyl groups excluding tert-OH is 1. The van der Waals surface area contributed by atoms with Crippen LogP contribution in [0.3, 0.4) is 0 Å². The number of carbonyl (C=O) groups excluding carboxylic acids is 1. The summed E-state index contributed by atoms with van der Waals surface area (Å²) in [5.41, 5.74) is -0.113. The van der Waals surface area contributed by atoms with Crippen molar-refractivity contribution in [3.05, 3.63) is 0 Å². The van der Waals surface area contributed by atoms with E-state index in [1.54, 1.807) is 0 Å². The molecule has 0 aromatic rings. The molecule has 6 heteroatoms. The van der Waals surface area contributed by atoms with Crippen molar-refractivity contribution < 1.29 is 19.8 Å². The first kappa shape index (κ1) is 15.1. The molecule has 2 fully saturated rings. The fraction of sp³-hybridized carbons (Fsp3) is 0.857. The molecule has 0 aromatic heterocycles. The molecule has 2 amide bonds. The van der Waals surface area contributed by atoms with E-state index in [0.717, 1.165) is 32.1 Å². The van der Waals surface area contributed by atoms with Crippen LogP contribution in [0.15, 0.2) is 0 Å². The van der Waals surface area contributed by atoms with Gasteiger partial charge in [0, 0.05) is 18.0 Å². The lowest BCUT2D eigenvalue weighted by atomic mass is 9.69. The number of carboxylic acid groups (broad SMARTS) is 1. The van der Waals surface area contributed by atoms with Gasteiger partial charge in [-0.25, -0.2) is 4.79 Å². The van der Waals surface area contributed by atoms with Gasteiger partial charge >= 0.3 is 12.0 Å². The molecule has 0 aliphatic heterocycles. The van der Waals surface area contributed by atoms with E-state index in [1.807, 2.05) is 0 Å². The molecular weight excluding hydrogens is 260 g/mol. The third-order valence-electron chi connectivity index (χ3n) is 4.79. The minimum absolute atomic E-state index is 0.0667. The minimum atomic E-state index is -0.734. The molecule has 2 rings (SSSR count). The maximum atomic E-state index is 11.8. The number of hydrogen-bond donors (Lipinski definition) is 4. The fourth-order valence-corrected chi connectivity index (χ4v) is 3.06. The van der Waals surface area contributed by atoms with Gasteiger partial charge in [0.1, 0.15) is 0 Å². The summed E-state index contributed by atoms with van der Waals surface area (Å²) < 4.78 is 0. The average Bonchev–Trinajstić information content (AvgIpc) is 2.38. The zero-order valence-electron chi connectivity index (χ0n) is 11.7. The number of aliphatic carboxylic acids is 1. The van der Waals surface area contributed by atoms with Crippen molar-refractivity contribution in [3.63, 3.8) is 0 Å². The van der Waals surface area contributed by atoms with Crippen LogP contribution in [0, 0.1) is 11.3 Å². The van der Waals surface area contributed by atoms with Crippen molar-refractivity contribution in [3.8, 4) is 0 Å². The van der Waals surface area contributed by atoms with Gasteiger partial charge in [0.05, 0.1) is 12.5 Å². The molecule has 0 spiro atoms. The zero-order valence-corrected chi connectivity index (χ0v) is 11.7. The van der Waals surface area contributed by atoms with Crippen molar-refractivity contribution in [2.45, 2.75) is 51.0 Å². The van der Waals surface area contributed by atoms with Gasteiger partial charge in [0.25, 0.3) is 0 Å². The molecule has 0 bridgehead atoms. The van der Waals surface area contributed by atoms with Crippen molar-refractivity contribution in [1.82, 2.24) is 10.6 Å². The van der Waals surface area contributed by atoms with Crippen molar-refractivity contribution in [2.24, 2.45) is 11.3 Å². The van der Waals surface area contributed by atoms with Gasteiger partial charge in [-0.15, -0.1) is 0 Å². The number of amides is 2. The highest BCUT2D eigenvalue weighted by molar-refractivity contribution is 5.74. The van der Waals surface area contributed by atoms with Gasteiger partial charge in [0.2, 0.25) is 0 Å². The molecule has 0 aromatic carbocycles. The van der Waals surface area contributed by atoms with Gasteiger partial charge in [-0.3, -0.25) is 4.79 Å². The molecule has 2 aliphatic carbocycles. The Morgan fingerprint density at radius 2 is 1.80 bits per heavy atom. The summed E-state index contributed by atoms with van der Waals surface area (Å²) in [7, 11) is 0. The molecule has 0 heterocycles. The summed E-state index contributed by atoms with van der Waals surface area (Å²) in [4.78, 5) is 22.7. The van der Waals surface area contributed by atoms with Crippen LogP contribution in [0.5, 0.6) is 0 Å². The number of rotatable bonds is 5. The van der Waals surface area contributed by atoms with E-state index >= 15 is 0 Å². The third-order valence-corrected chi connectivity index (χ3v) is 4.79. The van der Waals surface area contributed by atoms with Crippen LogP contribution >= 0.6 is 0 Å². The molecule has 0 radical (unpaired) electrons. The van der Waals surface area contributed by atoms with Gasteiger partial charge in [0.15, 0.2) is 0 Å². The van der Waals surface area contributed by atoms with Crippen LogP contribution in [0.4, 0.5) is 4.79 Å². The lowest BCUT2D eigenvalue weighted by molar-refractivity contribution is -0.142. The summed E-state index contributed by atoms with van der Waals surface area (Å²) in [6, 6.07) is -0.138. The smallest absolute Gasteiger partial charge is 0.315 e. The maximum absolute atomic E-state index is 11.8. The fourth-order valence-electron chi connectivity index (χ4n) is 3.06. The Hall–Kier alpha value is -1.30. The van der Waals surface area contributed by atoms with E-state index < -0.39 is 5.97 Å². The lowest BCUT2D eigenvalue weighted by Gasteiger charge is -2.40. The third kappa shape index (κ3) is 3.62. The molecule has 114 valence electrons. The molecule has 4 N–H and O–H groups in total. The summed E-state index contributed by atoms with van der Waals surface area (Å²) in [5.74, 6) is -0.994. The second-order valence-electron chi connectivity index (χ2n) is 6.23. The second kappa shape index (κ2) is 6.43. The first-order chi connectivity index (χ1) is 9.54. The highest BCUT2D eigenvalue weighted by atomic mass is 16.4. The summed E-state index contributed by atoms with van der Waals surface area (Å²) >= 11 is 0. The van der Waals surface area contributed by atoms with Crippen LogP contribution < -0.4 is 10.6 Å². The Morgan fingerprint density at radius 3 is 2.25 bits per heavy atom. The summed E-state index contributed by atoms with van der Waals surface area (Å²) in [6.45, 7) is 0.636. The highest BCUT2D eigenvalue weighted by Gasteiger charge is 2.36. The van der Waals surface area contributed by atoms with E-state index in [9.17, 15) is 14.7 Å². The predicted octanol–water partition coefficient (Wildman–Crippen LogP) is 1.09. The molecular formula is C14H24N2O4. The topological polar surface area (TPSA) is 98.7 Å². The molecule has 0 atom stereocenters. The van der Waals surface area contributed by atoms with E-state index in [2.05, 4.69) is 10.6 Å². The Morgan fingerprint density at radius 1 is 1.15 bits per heavy atom. The number of carbonyl (C=O) groups is 2. The predicted molar refractivity (Wildman–Crippen MR) is 73.3 cm³/mol. The molecule has 20 heavy (non-hydrogen) atoms. The number of urea groups is 1. The second-order valence-corrected chi connectivity index (χ2v) is 6.23. The molecule has 6 nitrogen and oxygen atoms in total. The Labute approximate surface area is 118 Å². The number of hydrogen-bond acceptors (Lipinski definition) is 3. The normalized spacial score (nSPS) is 28.2. The lowest BCUT2D eigenvalue weighted by Crippen LogP contribution is -2.50. The highest BCUT2D eigenvalue weighted by Crippen LogP contribution is 2.39. The van der Waals surface area contributed by atoms with Gasteiger partial charge in [-0.2, -0.15) is 0 Å². The van der Waals surface area contributed by atoms with E-state index in [-0.39, 0.29) is 30.0 Å². The van der Waals surface area contributed by atoms with Crippen LogP contribution in [-0.4, -0.2) is 41.4 Å².